The lowest BCUT2D eigenvalue weighted by atomic mass is 10.1. The Bertz CT molecular complexity index is 211. The molecule has 0 saturated heterocycles. The fourth-order valence-electron chi connectivity index (χ4n) is 0.857. The van der Waals surface area contributed by atoms with Crippen LogP contribution in [-0.4, -0.2) is 38.4 Å². The summed E-state index contributed by atoms with van der Waals surface area (Å²) < 4.78 is 9.06. The third kappa shape index (κ3) is 5.42. The standard InChI is InChI=1S/C9H14O5/c1-13-8(6-10)5-7(11)3-4-9(12)14-2/h6,8H,3-5H2,1-2H3. The fourth-order valence-corrected chi connectivity index (χ4v) is 0.857. The SMILES string of the molecule is COC(=O)CCC(=O)CC(C=O)OC. The second kappa shape index (κ2) is 7.20. The van der Waals surface area contributed by atoms with Crippen molar-refractivity contribution in [3.8, 4) is 0 Å². The quantitative estimate of drug-likeness (QED) is 0.433. The molecular formula is C9H14O5. The van der Waals surface area contributed by atoms with Gasteiger partial charge in [0.1, 0.15) is 18.2 Å². The van der Waals surface area contributed by atoms with E-state index in [2.05, 4.69) is 4.74 Å². The Morgan fingerprint density at radius 3 is 2.36 bits per heavy atom. The Hall–Kier alpha value is -1.23. The zero-order chi connectivity index (χ0) is 11.0. The van der Waals surface area contributed by atoms with Crippen LogP contribution < -0.4 is 0 Å². The zero-order valence-corrected chi connectivity index (χ0v) is 8.32. The van der Waals surface area contributed by atoms with Crippen LogP contribution in [0.3, 0.4) is 0 Å². The number of methoxy groups -OCH3 is 2. The molecule has 5 heteroatoms. The van der Waals surface area contributed by atoms with Gasteiger partial charge in [0.25, 0.3) is 0 Å². The van der Waals surface area contributed by atoms with Gasteiger partial charge >= 0.3 is 5.97 Å². The summed E-state index contributed by atoms with van der Waals surface area (Å²) in [5.74, 6) is -0.618. The molecule has 0 aliphatic heterocycles. The van der Waals surface area contributed by atoms with E-state index < -0.39 is 12.1 Å². The second-order valence-corrected chi connectivity index (χ2v) is 2.73. The highest BCUT2D eigenvalue weighted by molar-refractivity contribution is 5.85. The van der Waals surface area contributed by atoms with Crippen molar-refractivity contribution < 1.29 is 23.9 Å². The summed E-state index contributed by atoms with van der Waals surface area (Å²) >= 11 is 0. The first-order valence-corrected chi connectivity index (χ1v) is 4.20. The summed E-state index contributed by atoms with van der Waals surface area (Å²) in [5, 5.41) is 0. The van der Waals surface area contributed by atoms with Crippen LogP contribution in [-0.2, 0) is 23.9 Å². The molecule has 0 fully saturated rings. The zero-order valence-electron chi connectivity index (χ0n) is 8.32. The summed E-state index contributed by atoms with van der Waals surface area (Å²) in [5.41, 5.74) is 0. The average molecular weight is 202 g/mol. The predicted molar refractivity (Wildman–Crippen MR) is 47.7 cm³/mol. The van der Waals surface area contributed by atoms with Gasteiger partial charge in [0.05, 0.1) is 13.5 Å². The molecule has 0 aromatic carbocycles. The Morgan fingerprint density at radius 2 is 1.93 bits per heavy atom. The number of ether oxygens (including phenoxy) is 2. The van der Waals surface area contributed by atoms with Crippen molar-refractivity contribution in [3.63, 3.8) is 0 Å². The molecule has 1 atom stereocenters. The molecule has 0 amide bonds. The van der Waals surface area contributed by atoms with Crippen molar-refractivity contribution in [1.82, 2.24) is 0 Å². The minimum absolute atomic E-state index is 0.0109. The first-order valence-electron chi connectivity index (χ1n) is 4.20. The first kappa shape index (κ1) is 12.8. The highest BCUT2D eigenvalue weighted by atomic mass is 16.5. The van der Waals surface area contributed by atoms with E-state index in [1.54, 1.807) is 0 Å². The summed E-state index contributed by atoms with van der Waals surface area (Å²) in [4.78, 5) is 32.1. The Morgan fingerprint density at radius 1 is 1.29 bits per heavy atom. The number of carbonyl (C=O) groups is 3. The highest BCUT2D eigenvalue weighted by Gasteiger charge is 2.13. The molecule has 0 N–H and O–H groups in total. The summed E-state index contributed by atoms with van der Waals surface area (Å²) in [6, 6.07) is 0. The van der Waals surface area contributed by atoms with Crippen LogP contribution in [0, 0.1) is 0 Å². The molecule has 0 aromatic heterocycles. The number of hydrogen-bond donors (Lipinski definition) is 0. The Kier molecular flexibility index (Phi) is 6.57. The average Bonchev–Trinajstić information content (AvgIpc) is 2.22. The monoisotopic (exact) mass is 202 g/mol. The van der Waals surface area contributed by atoms with E-state index in [1.807, 2.05) is 0 Å². The lowest BCUT2D eigenvalue weighted by Gasteiger charge is -2.06. The number of esters is 1. The van der Waals surface area contributed by atoms with Crippen LogP contribution in [0.25, 0.3) is 0 Å². The van der Waals surface area contributed by atoms with Gasteiger partial charge in [0.2, 0.25) is 0 Å². The van der Waals surface area contributed by atoms with E-state index in [1.165, 1.54) is 14.2 Å². The van der Waals surface area contributed by atoms with Gasteiger partial charge in [-0.25, -0.2) is 0 Å². The summed E-state index contributed by atoms with van der Waals surface area (Å²) in [7, 11) is 2.61. The molecular weight excluding hydrogens is 188 g/mol. The molecule has 0 spiro atoms. The number of Topliss-reactive ketones (excluding diaryl/α,β-unsaturated/α-hetero) is 1. The smallest absolute Gasteiger partial charge is 0.305 e. The highest BCUT2D eigenvalue weighted by Crippen LogP contribution is 2.01. The third-order valence-electron chi connectivity index (χ3n) is 1.72. The van der Waals surface area contributed by atoms with E-state index in [9.17, 15) is 14.4 Å². The molecule has 0 rings (SSSR count). The van der Waals surface area contributed by atoms with Gasteiger partial charge in [0.15, 0.2) is 0 Å². The lowest BCUT2D eigenvalue weighted by Crippen LogP contribution is -2.18. The Balaban J connectivity index is 3.74. The fraction of sp³-hybridized carbons (Fsp3) is 0.667. The van der Waals surface area contributed by atoms with Crippen LogP contribution in [0.15, 0.2) is 0 Å². The van der Waals surface area contributed by atoms with E-state index in [0.717, 1.165) is 0 Å². The molecule has 0 aromatic rings. The maximum atomic E-state index is 11.1. The van der Waals surface area contributed by atoms with E-state index in [-0.39, 0.29) is 25.0 Å². The first-order chi connectivity index (χ1) is 6.63. The number of carbonyl (C=O) groups excluding carboxylic acids is 3. The van der Waals surface area contributed by atoms with E-state index >= 15 is 0 Å². The largest absolute Gasteiger partial charge is 0.469 e. The van der Waals surface area contributed by atoms with Crippen molar-refractivity contribution in [2.24, 2.45) is 0 Å². The van der Waals surface area contributed by atoms with Crippen molar-refractivity contribution in [2.45, 2.75) is 25.4 Å². The van der Waals surface area contributed by atoms with Gasteiger partial charge in [0, 0.05) is 20.0 Å². The number of ketones is 1. The normalized spacial score (nSPS) is 11.9. The second-order valence-electron chi connectivity index (χ2n) is 2.73. The molecule has 0 bridgehead atoms. The van der Waals surface area contributed by atoms with Gasteiger partial charge < -0.3 is 14.3 Å². The number of hydrogen-bond acceptors (Lipinski definition) is 5. The van der Waals surface area contributed by atoms with Crippen molar-refractivity contribution >= 4 is 18.0 Å². The van der Waals surface area contributed by atoms with Crippen molar-refractivity contribution in [2.75, 3.05) is 14.2 Å². The van der Waals surface area contributed by atoms with Crippen LogP contribution in [0.4, 0.5) is 0 Å². The van der Waals surface area contributed by atoms with Crippen molar-refractivity contribution in [3.05, 3.63) is 0 Å². The molecule has 0 aliphatic rings. The Labute approximate surface area is 82.4 Å². The maximum absolute atomic E-state index is 11.1. The van der Waals surface area contributed by atoms with Gasteiger partial charge in [-0.05, 0) is 0 Å². The van der Waals surface area contributed by atoms with Crippen LogP contribution in [0.1, 0.15) is 19.3 Å². The van der Waals surface area contributed by atoms with Crippen LogP contribution >= 0.6 is 0 Å². The number of aldehydes is 1. The third-order valence-corrected chi connectivity index (χ3v) is 1.72. The molecule has 0 aliphatic carbocycles. The minimum atomic E-state index is -0.708. The van der Waals surface area contributed by atoms with Gasteiger partial charge in [-0.3, -0.25) is 9.59 Å². The lowest BCUT2D eigenvalue weighted by molar-refractivity contribution is -0.142. The van der Waals surface area contributed by atoms with Crippen LogP contribution in [0.2, 0.25) is 0 Å². The molecule has 14 heavy (non-hydrogen) atoms. The van der Waals surface area contributed by atoms with Crippen LogP contribution in [0.5, 0.6) is 0 Å². The molecule has 5 nitrogen and oxygen atoms in total. The van der Waals surface area contributed by atoms with E-state index in [0.29, 0.717) is 6.29 Å². The van der Waals surface area contributed by atoms with Gasteiger partial charge in [-0.2, -0.15) is 0 Å². The summed E-state index contributed by atoms with van der Waals surface area (Å²) in [6.07, 6.45) is -0.00181. The minimum Gasteiger partial charge on any atom is -0.469 e. The molecule has 0 radical (unpaired) electrons. The van der Waals surface area contributed by atoms with Crippen molar-refractivity contribution in [1.29, 1.82) is 0 Å². The van der Waals surface area contributed by atoms with Gasteiger partial charge in [-0.15, -0.1) is 0 Å². The molecule has 0 heterocycles. The molecule has 80 valence electrons. The maximum Gasteiger partial charge on any atom is 0.305 e. The predicted octanol–water partition coefficient (Wildman–Crippen LogP) is 0.113. The summed E-state index contributed by atoms with van der Waals surface area (Å²) in [6.45, 7) is 0. The van der Waals surface area contributed by atoms with Gasteiger partial charge in [-0.1, -0.05) is 0 Å². The van der Waals surface area contributed by atoms with E-state index in [4.69, 9.17) is 4.74 Å². The number of rotatable bonds is 7. The molecule has 0 saturated carbocycles. The molecule has 1 unspecified atom stereocenters. The topological polar surface area (TPSA) is 69.7 Å².